The van der Waals surface area contributed by atoms with Crippen molar-refractivity contribution >= 4 is 48.9 Å². The molecule has 102 valence electrons. The monoisotopic (exact) mass is 371 g/mol. The smallest absolute Gasteiger partial charge is 0.210 e. The van der Waals surface area contributed by atoms with Gasteiger partial charge in [-0.05, 0) is 52.7 Å². The zero-order valence-corrected chi connectivity index (χ0v) is 13.7. The summed E-state index contributed by atoms with van der Waals surface area (Å²) >= 11 is 10.4. The van der Waals surface area contributed by atoms with Gasteiger partial charge in [0.1, 0.15) is 4.21 Å². The van der Waals surface area contributed by atoms with Crippen LogP contribution in [0, 0.1) is 11.8 Å². The largest absolute Gasteiger partial charge is 0.250 e. The lowest BCUT2D eigenvalue weighted by Gasteiger charge is -2.17. The predicted octanol–water partition coefficient (Wildman–Crippen LogP) is 3.44. The normalized spacial score (nSPS) is 24.6. The number of hydrogen-bond acceptors (Lipinski definition) is 3. The third-order valence-electron chi connectivity index (χ3n) is 3.36. The summed E-state index contributed by atoms with van der Waals surface area (Å²) in [6.45, 7) is 0.495. The van der Waals surface area contributed by atoms with Gasteiger partial charge in [-0.25, -0.2) is 13.1 Å². The van der Waals surface area contributed by atoms with E-state index in [0.717, 1.165) is 23.0 Å². The van der Waals surface area contributed by atoms with E-state index in [2.05, 4.69) is 20.7 Å². The van der Waals surface area contributed by atoms with Gasteiger partial charge in [-0.15, -0.1) is 22.9 Å². The van der Waals surface area contributed by atoms with Gasteiger partial charge in [-0.1, -0.05) is 6.42 Å². The molecule has 7 heteroatoms. The van der Waals surface area contributed by atoms with Gasteiger partial charge in [0.15, 0.2) is 0 Å². The molecule has 1 aromatic heterocycles. The SMILES string of the molecule is O=S(=O)(NCC1CCCC1CCl)c1ccc(Br)s1. The number of halogens is 2. The Labute approximate surface area is 125 Å². The zero-order chi connectivity index (χ0) is 13.2. The highest BCUT2D eigenvalue weighted by atomic mass is 79.9. The van der Waals surface area contributed by atoms with Crippen LogP contribution < -0.4 is 4.72 Å². The summed E-state index contributed by atoms with van der Waals surface area (Å²) < 4.78 is 28.0. The Morgan fingerprint density at radius 1 is 1.39 bits per heavy atom. The van der Waals surface area contributed by atoms with E-state index in [1.54, 1.807) is 12.1 Å². The van der Waals surface area contributed by atoms with E-state index in [0.29, 0.717) is 28.5 Å². The summed E-state index contributed by atoms with van der Waals surface area (Å²) in [5, 5.41) is 0. The number of rotatable bonds is 5. The van der Waals surface area contributed by atoms with Crippen molar-refractivity contribution in [1.29, 1.82) is 0 Å². The fourth-order valence-electron chi connectivity index (χ4n) is 2.32. The Balaban J connectivity index is 1.97. The summed E-state index contributed by atoms with van der Waals surface area (Å²) in [5.41, 5.74) is 0. The Morgan fingerprint density at radius 2 is 2.11 bits per heavy atom. The first kappa shape index (κ1) is 14.8. The van der Waals surface area contributed by atoms with E-state index in [1.807, 2.05) is 0 Å². The molecule has 0 aliphatic heterocycles. The van der Waals surface area contributed by atoms with Gasteiger partial charge >= 0.3 is 0 Å². The zero-order valence-electron chi connectivity index (χ0n) is 9.73. The van der Waals surface area contributed by atoms with Crippen molar-refractivity contribution in [2.75, 3.05) is 12.4 Å². The number of alkyl halides is 1. The second kappa shape index (κ2) is 6.22. The minimum atomic E-state index is -3.36. The standard InChI is InChI=1S/C11H15BrClNO2S2/c12-10-4-5-11(17-10)18(15,16)14-7-9-3-1-2-8(9)6-13/h4-5,8-9,14H,1-3,6-7H2. The molecule has 2 unspecified atom stereocenters. The van der Waals surface area contributed by atoms with Crippen LogP contribution in [0.3, 0.4) is 0 Å². The van der Waals surface area contributed by atoms with Gasteiger partial charge in [-0.2, -0.15) is 0 Å². The van der Waals surface area contributed by atoms with E-state index >= 15 is 0 Å². The van der Waals surface area contributed by atoms with Crippen LogP contribution >= 0.6 is 38.9 Å². The van der Waals surface area contributed by atoms with Gasteiger partial charge in [0.25, 0.3) is 0 Å². The second-order valence-electron chi connectivity index (χ2n) is 4.52. The van der Waals surface area contributed by atoms with E-state index in [9.17, 15) is 8.42 Å². The number of hydrogen-bond donors (Lipinski definition) is 1. The molecular weight excluding hydrogens is 358 g/mol. The quantitative estimate of drug-likeness (QED) is 0.805. The van der Waals surface area contributed by atoms with Crippen LogP contribution in [0.2, 0.25) is 0 Å². The molecule has 0 spiro atoms. The fourth-order valence-corrected chi connectivity index (χ4v) is 5.87. The Hall–Kier alpha value is 0.380. The number of sulfonamides is 1. The lowest BCUT2D eigenvalue weighted by molar-refractivity contribution is 0.418. The predicted molar refractivity (Wildman–Crippen MR) is 78.8 cm³/mol. The molecule has 1 heterocycles. The molecule has 0 amide bonds. The van der Waals surface area contributed by atoms with Crippen LogP contribution in [0.25, 0.3) is 0 Å². The Bertz CT molecular complexity index is 503. The van der Waals surface area contributed by atoms with Crippen LogP contribution in [0.4, 0.5) is 0 Å². The third kappa shape index (κ3) is 3.48. The van der Waals surface area contributed by atoms with Crippen LogP contribution in [0.5, 0.6) is 0 Å². The molecule has 1 aliphatic rings. The molecule has 1 N–H and O–H groups in total. The van der Waals surface area contributed by atoms with Crippen molar-refractivity contribution in [3.05, 3.63) is 15.9 Å². The number of nitrogens with one attached hydrogen (secondary N) is 1. The second-order valence-corrected chi connectivity index (χ2v) is 9.28. The lowest BCUT2D eigenvalue weighted by atomic mass is 9.98. The highest BCUT2D eigenvalue weighted by molar-refractivity contribution is 9.11. The van der Waals surface area contributed by atoms with Gasteiger partial charge < -0.3 is 0 Å². The maximum atomic E-state index is 12.0. The average Bonchev–Trinajstić information content (AvgIpc) is 2.94. The van der Waals surface area contributed by atoms with E-state index in [4.69, 9.17) is 11.6 Å². The van der Waals surface area contributed by atoms with Crippen LogP contribution in [0.15, 0.2) is 20.1 Å². The Morgan fingerprint density at radius 3 is 2.72 bits per heavy atom. The molecule has 1 aliphatic carbocycles. The van der Waals surface area contributed by atoms with E-state index < -0.39 is 10.0 Å². The lowest BCUT2D eigenvalue weighted by Crippen LogP contribution is -2.30. The van der Waals surface area contributed by atoms with Gasteiger partial charge in [0, 0.05) is 12.4 Å². The van der Waals surface area contributed by atoms with Crippen LogP contribution in [0.1, 0.15) is 19.3 Å². The summed E-state index contributed by atoms with van der Waals surface area (Å²) in [5.74, 6) is 1.45. The van der Waals surface area contributed by atoms with Gasteiger partial charge in [0.2, 0.25) is 10.0 Å². The molecule has 1 saturated carbocycles. The maximum Gasteiger partial charge on any atom is 0.250 e. The minimum absolute atomic E-state index is 0.356. The topological polar surface area (TPSA) is 46.2 Å². The molecule has 2 rings (SSSR count). The molecule has 0 radical (unpaired) electrons. The van der Waals surface area contributed by atoms with Crippen molar-refractivity contribution in [3.63, 3.8) is 0 Å². The molecule has 1 aromatic rings. The third-order valence-corrected chi connectivity index (χ3v) is 7.30. The van der Waals surface area contributed by atoms with E-state index in [1.165, 1.54) is 11.3 Å². The van der Waals surface area contributed by atoms with Crippen molar-refractivity contribution in [3.8, 4) is 0 Å². The first-order valence-corrected chi connectivity index (χ1v) is 9.46. The summed E-state index contributed by atoms with van der Waals surface area (Å²) in [6.07, 6.45) is 3.32. The number of thiophene rings is 1. The fraction of sp³-hybridized carbons (Fsp3) is 0.636. The highest BCUT2D eigenvalue weighted by Gasteiger charge is 2.28. The molecule has 3 nitrogen and oxygen atoms in total. The molecular formula is C11H15BrClNO2S2. The molecule has 1 fully saturated rings. The van der Waals surface area contributed by atoms with Crippen LogP contribution in [-0.2, 0) is 10.0 Å². The minimum Gasteiger partial charge on any atom is -0.210 e. The molecule has 18 heavy (non-hydrogen) atoms. The maximum absolute atomic E-state index is 12.0. The van der Waals surface area contributed by atoms with Crippen molar-refractivity contribution in [2.24, 2.45) is 11.8 Å². The first-order valence-electron chi connectivity index (χ1n) is 5.84. The van der Waals surface area contributed by atoms with Crippen LogP contribution in [-0.4, -0.2) is 20.8 Å². The average molecular weight is 373 g/mol. The Kier molecular flexibility index (Phi) is 5.11. The van der Waals surface area contributed by atoms with Crippen molar-refractivity contribution in [1.82, 2.24) is 4.72 Å². The highest BCUT2D eigenvalue weighted by Crippen LogP contribution is 2.32. The van der Waals surface area contributed by atoms with Crippen molar-refractivity contribution in [2.45, 2.75) is 23.5 Å². The van der Waals surface area contributed by atoms with Gasteiger partial charge in [0.05, 0.1) is 3.79 Å². The summed E-state index contributed by atoms with van der Waals surface area (Å²) in [6, 6.07) is 3.36. The summed E-state index contributed by atoms with van der Waals surface area (Å²) in [7, 11) is -3.36. The summed E-state index contributed by atoms with van der Waals surface area (Å²) in [4.78, 5) is 0. The van der Waals surface area contributed by atoms with Gasteiger partial charge in [-0.3, -0.25) is 0 Å². The van der Waals surface area contributed by atoms with E-state index in [-0.39, 0.29) is 0 Å². The van der Waals surface area contributed by atoms with Crippen molar-refractivity contribution < 1.29 is 8.42 Å². The molecule has 0 saturated heterocycles. The molecule has 0 aromatic carbocycles. The molecule has 0 bridgehead atoms. The first-order chi connectivity index (χ1) is 8.53. The molecule has 2 atom stereocenters.